The Bertz CT molecular complexity index is 942. The van der Waals surface area contributed by atoms with Crippen LogP contribution in [0.4, 0.5) is 20.5 Å². The molecule has 1 aliphatic carbocycles. The van der Waals surface area contributed by atoms with Crippen molar-refractivity contribution in [3.05, 3.63) is 42.1 Å². The Morgan fingerprint density at radius 1 is 1.26 bits per heavy atom. The van der Waals surface area contributed by atoms with Crippen molar-refractivity contribution in [3.8, 4) is 0 Å². The summed E-state index contributed by atoms with van der Waals surface area (Å²) in [6.45, 7) is 0.602. The lowest BCUT2D eigenvalue weighted by atomic mass is 10.1. The van der Waals surface area contributed by atoms with Gasteiger partial charge in [-0.3, -0.25) is 4.68 Å². The molecule has 9 heteroatoms. The molecule has 2 heterocycles. The second kappa shape index (κ2) is 6.73. The van der Waals surface area contributed by atoms with Crippen LogP contribution in [-0.4, -0.2) is 38.8 Å². The van der Waals surface area contributed by atoms with Gasteiger partial charge < -0.3 is 16.4 Å². The minimum absolute atomic E-state index is 0.0850. The van der Waals surface area contributed by atoms with Crippen LogP contribution in [0.15, 0.2) is 36.5 Å². The predicted molar refractivity (Wildman–Crippen MR) is 99.7 cm³/mol. The molecule has 7 nitrogen and oxygen atoms in total. The molecule has 0 radical (unpaired) electrons. The first kappa shape index (κ1) is 17.6. The predicted octanol–water partition coefficient (Wildman–Crippen LogP) is 2.54. The number of fused-ring (bicyclic) bond motifs is 1. The highest BCUT2D eigenvalue weighted by Crippen LogP contribution is 2.48. The molecule has 0 spiro atoms. The second-order valence-electron chi connectivity index (χ2n) is 6.84. The number of benzene rings is 1. The van der Waals surface area contributed by atoms with Crippen molar-refractivity contribution < 1.29 is 8.78 Å². The maximum Gasteiger partial charge on any atom is 0.253 e. The molecule has 1 saturated carbocycles. The number of hydrogen-bond donors (Lipinski definition) is 3. The van der Waals surface area contributed by atoms with Gasteiger partial charge in [-0.15, -0.1) is 0 Å². The minimum atomic E-state index is -2.57. The summed E-state index contributed by atoms with van der Waals surface area (Å²) >= 11 is 0. The average molecular weight is 373 g/mol. The van der Waals surface area contributed by atoms with E-state index in [2.05, 4.69) is 25.7 Å². The third kappa shape index (κ3) is 3.68. The zero-order chi connectivity index (χ0) is 19.0. The molecule has 4 N–H and O–H groups in total. The van der Waals surface area contributed by atoms with Gasteiger partial charge in [0.2, 0.25) is 5.95 Å². The first-order chi connectivity index (χ1) is 12.9. The summed E-state index contributed by atoms with van der Waals surface area (Å²) in [5, 5.41) is 11.0. The van der Waals surface area contributed by atoms with E-state index in [0.29, 0.717) is 29.3 Å². The van der Waals surface area contributed by atoms with Gasteiger partial charge in [-0.1, -0.05) is 30.3 Å². The number of nitrogens with two attached hydrogens (primary N) is 1. The van der Waals surface area contributed by atoms with E-state index >= 15 is 0 Å². The molecule has 1 fully saturated rings. The van der Waals surface area contributed by atoms with Gasteiger partial charge in [-0.25, -0.2) is 8.78 Å². The van der Waals surface area contributed by atoms with Crippen molar-refractivity contribution in [2.24, 2.45) is 18.7 Å². The SMILES string of the molecule is Cn1ncc2c(NCC3CC3(F)F)nc(NCC(N)c3ccccc3)nc21. The summed E-state index contributed by atoms with van der Waals surface area (Å²) < 4.78 is 27.9. The molecule has 2 atom stereocenters. The van der Waals surface area contributed by atoms with Gasteiger partial charge in [0, 0.05) is 38.5 Å². The molecule has 2 aromatic heterocycles. The van der Waals surface area contributed by atoms with Gasteiger partial charge in [0.25, 0.3) is 5.92 Å². The van der Waals surface area contributed by atoms with Gasteiger partial charge in [-0.05, 0) is 5.56 Å². The van der Waals surface area contributed by atoms with Crippen molar-refractivity contribution in [1.29, 1.82) is 0 Å². The zero-order valence-corrected chi connectivity index (χ0v) is 14.9. The molecule has 142 valence electrons. The smallest absolute Gasteiger partial charge is 0.253 e. The molecule has 0 amide bonds. The van der Waals surface area contributed by atoms with Crippen molar-refractivity contribution >= 4 is 22.8 Å². The van der Waals surface area contributed by atoms with Crippen LogP contribution in [0, 0.1) is 5.92 Å². The largest absolute Gasteiger partial charge is 0.369 e. The highest BCUT2D eigenvalue weighted by molar-refractivity contribution is 5.87. The average Bonchev–Trinajstić information content (AvgIpc) is 3.11. The van der Waals surface area contributed by atoms with Crippen LogP contribution in [-0.2, 0) is 7.05 Å². The summed E-state index contributed by atoms with van der Waals surface area (Å²) in [5.74, 6) is -2.35. The lowest BCUT2D eigenvalue weighted by molar-refractivity contribution is 0.101. The number of alkyl halides is 2. The Kier molecular flexibility index (Phi) is 4.39. The number of hydrogen-bond acceptors (Lipinski definition) is 6. The Labute approximate surface area is 155 Å². The van der Waals surface area contributed by atoms with Crippen LogP contribution in [0.1, 0.15) is 18.0 Å². The van der Waals surface area contributed by atoms with Crippen LogP contribution < -0.4 is 16.4 Å². The first-order valence-electron chi connectivity index (χ1n) is 8.80. The molecule has 3 aromatic rings. The van der Waals surface area contributed by atoms with Gasteiger partial charge in [0.15, 0.2) is 5.65 Å². The van der Waals surface area contributed by atoms with Crippen LogP contribution in [0.5, 0.6) is 0 Å². The highest BCUT2D eigenvalue weighted by atomic mass is 19.3. The van der Waals surface area contributed by atoms with Crippen LogP contribution >= 0.6 is 0 Å². The summed E-state index contributed by atoms with van der Waals surface area (Å²) in [6, 6.07) is 9.50. The fourth-order valence-electron chi connectivity index (χ4n) is 2.97. The van der Waals surface area contributed by atoms with Gasteiger partial charge in [0.1, 0.15) is 5.82 Å². The van der Waals surface area contributed by atoms with E-state index in [9.17, 15) is 8.78 Å². The number of aromatic nitrogens is 4. The topological polar surface area (TPSA) is 93.7 Å². The molecule has 1 aromatic carbocycles. The van der Waals surface area contributed by atoms with Crippen LogP contribution in [0.2, 0.25) is 0 Å². The second-order valence-corrected chi connectivity index (χ2v) is 6.84. The molecular formula is C18H21F2N7. The normalized spacial score (nSPS) is 19.0. The lowest BCUT2D eigenvalue weighted by Crippen LogP contribution is -2.22. The number of nitrogens with zero attached hydrogens (tertiary/aromatic N) is 4. The molecule has 0 saturated heterocycles. The summed E-state index contributed by atoms with van der Waals surface area (Å²) in [5.41, 5.74) is 7.82. The van der Waals surface area contributed by atoms with E-state index in [0.717, 1.165) is 5.56 Å². The van der Waals surface area contributed by atoms with E-state index in [4.69, 9.17) is 5.73 Å². The molecule has 2 unspecified atom stereocenters. The van der Waals surface area contributed by atoms with Crippen molar-refractivity contribution in [2.45, 2.75) is 18.4 Å². The number of rotatable bonds is 7. The molecule has 4 rings (SSSR count). The number of nitrogens with one attached hydrogen (secondary N) is 2. The van der Waals surface area contributed by atoms with Crippen LogP contribution in [0.25, 0.3) is 11.0 Å². The third-order valence-corrected chi connectivity index (χ3v) is 4.77. The fourth-order valence-corrected chi connectivity index (χ4v) is 2.97. The van der Waals surface area contributed by atoms with E-state index in [1.807, 2.05) is 30.3 Å². The fraction of sp³-hybridized carbons (Fsp3) is 0.389. The van der Waals surface area contributed by atoms with E-state index < -0.39 is 11.8 Å². The van der Waals surface area contributed by atoms with Crippen molar-refractivity contribution in [1.82, 2.24) is 19.7 Å². The minimum Gasteiger partial charge on any atom is -0.369 e. The zero-order valence-electron chi connectivity index (χ0n) is 14.9. The Morgan fingerprint density at radius 2 is 2.00 bits per heavy atom. The number of aryl methyl sites for hydroxylation is 1. The summed E-state index contributed by atoms with van der Waals surface area (Å²) in [6.07, 6.45) is 1.54. The first-order valence-corrected chi connectivity index (χ1v) is 8.80. The third-order valence-electron chi connectivity index (χ3n) is 4.77. The Balaban J connectivity index is 1.51. The standard InChI is InChI=1S/C18H21F2N7/c1-27-16-13(9-24-27)15(22-8-12-7-18(12,19)20)25-17(26-16)23-10-14(21)11-5-3-2-4-6-11/h2-6,9,12,14H,7-8,10,21H2,1H3,(H2,22,23,25,26). The lowest BCUT2D eigenvalue weighted by Gasteiger charge is -2.14. The maximum atomic E-state index is 13.2. The van der Waals surface area contributed by atoms with E-state index in [1.165, 1.54) is 0 Å². The molecule has 27 heavy (non-hydrogen) atoms. The maximum absolute atomic E-state index is 13.2. The van der Waals surface area contributed by atoms with Crippen LogP contribution in [0.3, 0.4) is 0 Å². The van der Waals surface area contributed by atoms with Gasteiger partial charge in [0.05, 0.1) is 11.6 Å². The molecule has 0 aliphatic heterocycles. The van der Waals surface area contributed by atoms with E-state index in [-0.39, 0.29) is 19.0 Å². The number of halogens is 2. The Hall–Kier alpha value is -2.81. The Morgan fingerprint density at radius 3 is 2.70 bits per heavy atom. The van der Waals surface area contributed by atoms with Crippen molar-refractivity contribution in [3.63, 3.8) is 0 Å². The summed E-state index contributed by atoms with van der Waals surface area (Å²) in [7, 11) is 1.77. The van der Waals surface area contributed by atoms with Gasteiger partial charge >= 0.3 is 0 Å². The molecule has 1 aliphatic rings. The van der Waals surface area contributed by atoms with Gasteiger partial charge in [-0.2, -0.15) is 15.1 Å². The van der Waals surface area contributed by atoms with Crippen molar-refractivity contribution in [2.75, 3.05) is 23.7 Å². The van der Waals surface area contributed by atoms with E-state index in [1.54, 1.807) is 17.9 Å². The monoisotopic (exact) mass is 373 g/mol. The molecule has 0 bridgehead atoms. The quantitative estimate of drug-likeness (QED) is 0.589. The summed E-state index contributed by atoms with van der Waals surface area (Å²) in [4.78, 5) is 8.91. The highest BCUT2D eigenvalue weighted by Gasteiger charge is 2.56. The molecular weight excluding hydrogens is 352 g/mol. The number of anilines is 2.